The molecule has 1 saturated heterocycles. The lowest BCUT2D eigenvalue weighted by Crippen LogP contribution is -2.50. The van der Waals surface area contributed by atoms with Gasteiger partial charge >= 0.3 is 0 Å². The molecule has 35 heavy (non-hydrogen) atoms. The van der Waals surface area contributed by atoms with Gasteiger partial charge in [-0.05, 0) is 36.3 Å². The van der Waals surface area contributed by atoms with Gasteiger partial charge in [-0.25, -0.2) is 0 Å². The zero-order chi connectivity index (χ0) is 24.8. The van der Waals surface area contributed by atoms with Crippen molar-refractivity contribution in [2.24, 2.45) is 0 Å². The van der Waals surface area contributed by atoms with Gasteiger partial charge in [0, 0.05) is 44.4 Å². The van der Waals surface area contributed by atoms with Crippen LogP contribution in [0.25, 0.3) is 12.2 Å². The second-order valence-corrected chi connectivity index (χ2v) is 7.98. The normalized spacial score (nSPS) is 13.6. The number of nitro groups is 1. The molecule has 1 aromatic heterocycles. The standard InChI is InChI=1S/C25H23N5O5/c1-18-4-2-7-21(14-18)34-17-24(31)28-10-12-29(13-11-28)25-22(16-26)27-23(35-25)9-8-19-5-3-6-20(15-19)30(32)33/h2-9,14-15H,10-13,17H2,1H3/b9-8+. The Kier molecular flexibility index (Phi) is 7.07. The summed E-state index contributed by atoms with van der Waals surface area (Å²) in [4.78, 5) is 30.8. The number of benzene rings is 2. The molecule has 0 N–H and O–H groups in total. The number of nitriles is 1. The van der Waals surface area contributed by atoms with Gasteiger partial charge in [0.2, 0.25) is 17.5 Å². The summed E-state index contributed by atoms with van der Waals surface area (Å²) in [6.45, 7) is 3.80. The van der Waals surface area contributed by atoms with Crippen molar-refractivity contribution in [3.63, 3.8) is 0 Å². The van der Waals surface area contributed by atoms with Crippen LogP contribution in [0.1, 0.15) is 22.7 Å². The van der Waals surface area contributed by atoms with Gasteiger partial charge in [-0.3, -0.25) is 14.9 Å². The van der Waals surface area contributed by atoms with Gasteiger partial charge in [-0.2, -0.15) is 10.2 Å². The molecule has 2 aromatic carbocycles. The molecular formula is C25H23N5O5. The minimum atomic E-state index is -0.465. The summed E-state index contributed by atoms with van der Waals surface area (Å²) in [5.41, 5.74) is 1.79. The fraction of sp³-hybridized carbons (Fsp3) is 0.240. The Labute approximate surface area is 201 Å². The third kappa shape index (κ3) is 5.83. The van der Waals surface area contributed by atoms with Crippen LogP contribution in [-0.4, -0.2) is 53.5 Å². The summed E-state index contributed by atoms with van der Waals surface area (Å²) in [6, 6.07) is 15.7. The summed E-state index contributed by atoms with van der Waals surface area (Å²) >= 11 is 0. The van der Waals surface area contributed by atoms with Crippen LogP contribution in [0, 0.1) is 28.4 Å². The maximum absolute atomic E-state index is 12.6. The van der Waals surface area contributed by atoms with E-state index in [1.54, 1.807) is 29.2 Å². The predicted octanol–water partition coefficient (Wildman–Crippen LogP) is 3.66. The summed E-state index contributed by atoms with van der Waals surface area (Å²) in [6.07, 6.45) is 3.19. The van der Waals surface area contributed by atoms with Crippen molar-refractivity contribution < 1.29 is 18.9 Å². The zero-order valence-corrected chi connectivity index (χ0v) is 19.1. The monoisotopic (exact) mass is 473 g/mol. The van der Waals surface area contributed by atoms with Crippen molar-refractivity contribution in [1.29, 1.82) is 5.26 Å². The smallest absolute Gasteiger partial charge is 0.270 e. The van der Waals surface area contributed by atoms with Gasteiger partial charge in [0.1, 0.15) is 11.8 Å². The molecule has 4 rings (SSSR count). The minimum Gasteiger partial charge on any atom is -0.484 e. The van der Waals surface area contributed by atoms with Crippen LogP contribution in [0.3, 0.4) is 0 Å². The van der Waals surface area contributed by atoms with E-state index < -0.39 is 4.92 Å². The molecule has 3 aromatic rings. The van der Waals surface area contributed by atoms with Crippen molar-refractivity contribution in [2.75, 3.05) is 37.7 Å². The molecule has 1 amide bonds. The molecule has 0 aliphatic carbocycles. The fourth-order valence-corrected chi connectivity index (χ4v) is 3.70. The van der Waals surface area contributed by atoms with Crippen molar-refractivity contribution in [2.45, 2.75) is 6.92 Å². The van der Waals surface area contributed by atoms with Crippen molar-refractivity contribution in [1.82, 2.24) is 9.88 Å². The molecule has 0 radical (unpaired) electrons. The van der Waals surface area contributed by atoms with Crippen LogP contribution < -0.4 is 9.64 Å². The van der Waals surface area contributed by atoms with E-state index in [2.05, 4.69) is 4.98 Å². The topological polar surface area (TPSA) is 126 Å². The van der Waals surface area contributed by atoms with Crippen LogP contribution in [0.2, 0.25) is 0 Å². The maximum atomic E-state index is 12.6. The van der Waals surface area contributed by atoms with E-state index in [1.165, 1.54) is 12.1 Å². The van der Waals surface area contributed by atoms with Crippen molar-refractivity contribution in [3.05, 3.63) is 81.4 Å². The minimum absolute atomic E-state index is 0.0188. The first-order chi connectivity index (χ1) is 16.9. The lowest BCUT2D eigenvalue weighted by molar-refractivity contribution is -0.384. The lowest BCUT2D eigenvalue weighted by Gasteiger charge is -2.34. The number of piperazine rings is 1. The third-order valence-corrected chi connectivity index (χ3v) is 5.50. The Morgan fingerprint density at radius 2 is 1.97 bits per heavy atom. The van der Waals surface area contributed by atoms with Gasteiger partial charge in [-0.15, -0.1) is 0 Å². The molecule has 10 heteroatoms. The molecule has 0 saturated carbocycles. The van der Waals surface area contributed by atoms with E-state index in [9.17, 15) is 20.2 Å². The molecule has 178 valence electrons. The highest BCUT2D eigenvalue weighted by molar-refractivity contribution is 5.78. The number of amides is 1. The molecule has 2 heterocycles. The van der Waals surface area contributed by atoms with Gasteiger partial charge < -0.3 is 19.0 Å². The molecule has 0 bridgehead atoms. The lowest BCUT2D eigenvalue weighted by atomic mass is 10.2. The number of non-ortho nitro benzene ring substituents is 1. The number of aromatic nitrogens is 1. The molecule has 1 fully saturated rings. The first kappa shape index (κ1) is 23.5. The third-order valence-electron chi connectivity index (χ3n) is 5.50. The second-order valence-electron chi connectivity index (χ2n) is 7.98. The summed E-state index contributed by atoms with van der Waals surface area (Å²) < 4.78 is 11.4. The Morgan fingerprint density at radius 1 is 1.20 bits per heavy atom. The molecule has 10 nitrogen and oxygen atoms in total. The SMILES string of the molecule is Cc1cccc(OCC(=O)N2CCN(c3oc(/C=C/c4cccc([N+](=O)[O-])c4)nc3C#N)CC2)c1. The van der Waals surface area contributed by atoms with Crippen LogP contribution in [0.4, 0.5) is 11.6 Å². The highest BCUT2D eigenvalue weighted by Gasteiger charge is 2.26. The van der Waals surface area contributed by atoms with E-state index in [0.29, 0.717) is 43.4 Å². The van der Waals surface area contributed by atoms with Crippen LogP contribution in [0.5, 0.6) is 5.75 Å². The van der Waals surface area contributed by atoms with Gasteiger partial charge in [0.05, 0.1) is 4.92 Å². The van der Waals surface area contributed by atoms with Gasteiger partial charge in [-0.1, -0.05) is 24.3 Å². The second kappa shape index (κ2) is 10.5. The number of anilines is 1. The van der Waals surface area contributed by atoms with Crippen LogP contribution in [0.15, 0.2) is 52.9 Å². The van der Waals surface area contributed by atoms with E-state index in [1.807, 2.05) is 42.2 Å². The highest BCUT2D eigenvalue weighted by atomic mass is 16.6. The van der Waals surface area contributed by atoms with E-state index >= 15 is 0 Å². The molecule has 0 atom stereocenters. The van der Waals surface area contributed by atoms with E-state index in [-0.39, 0.29) is 29.8 Å². The maximum Gasteiger partial charge on any atom is 0.270 e. The molecule has 0 unspecified atom stereocenters. The molecular weight excluding hydrogens is 450 g/mol. The Hall–Kier alpha value is -4.65. The zero-order valence-electron chi connectivity index (χ0n) is 19.1. The fourth-order valence-electron chi connectivity index (χ4n) is 3.70. The van der Waals surface area contributed by atoms with Crippen molar-refractivity contribution >= 4 is 29.6 Å². The number of oxazole rings is 1. The first-order valence-electron chi connectivity index (χ1n) is 11.0. The largest absolute Gasteiger partial charge is 0.484 e. The Balaban J connectivity index is 1.36. The van der Waals surface area contributed by atoms with Crippen molar-refractivity contribution in [3.8, 4) is 11.8 Å². The number of nitrogens with zero attached hydrogens (tertiary/aromatic N) is 5. The number of hydrogen-bond acceptors (Lipinski definition) is 8. The van der Waals surface area contributed by atoms with E-state index in [0.717, 1.165) is 5.56 Å². The van der Waals surface area contributed by atoms with Gasteiger partial charge in [0.25, 0.3) is 11.6 Å². The number of hydrogen-bond donors (Lipinski definition) is 0. The van der Waals surface area contributed by atoms with Gasteiger partial charge in [0.15, 0.2) is 6.61 Å². The van der Waals surface area contributed by atoms with Crippen LogP contribution >= 0.6 is 0 Å². The molecule has 1 aliphatic rings. The Morgan fingerprint density at radius 3 is 2.69 bits per heavy atom. The summed E-state index contributed by atoms with van der Waals surface area (Å²) in [5.74, 6) is 1.11. The molecule has 0 spiro atoms. The quantitative estimate of drug-likeness (QED) is 0.376. The Bertz CT molecular complexity index is 1300. The number of nitro benzene ring substituents is 1. The number of aryl methyl sites for hydroxylation is 1. The number of ether oxygens (including phenoxy) is 1. The average molecular weight is 473 g/mol. The molecule has 1 aliphatic heterocycles. The average Bonchev–Trinajstić information content (AvgIpc) is 3.30. The highest BCUT2D eigenvalue weighted by Crippen LogP contribution is 2.25. The first-order valence-corrected chi connectivity index (χ1v) is 11.0. The summed E-state index contributed by atoms with van der Waals surface area (Å²) in [5, 5.41) is 20.4. The number of rotatable bonds is 7. The number of carbonyl (C=O) groups is 1. The van der Waals surface area contributed by atoms with Crippen LogP contribution in [-0.2, 0) is 4.79 Å². The predicted molar refractivity (Wildman–Crippen MR) is 129 cm³/mol. The van der Waals surface area contributed by atoms with E-state index in [4.69, 9.17) is 9.15 Å². The summed E-state index contributed by atoms with van der Waals surface area (Å²) in [7, 11) is 0. The number of carbonyl (C=O) groups excluding carboxylic acids is 1.